The van der Waals surface area contributed by atoms with E-state index in [4.69, 9.17) is 9.84 Å². The molecule has 0 aliphatic carbocycles. The molecule has 0 bridgehead atoms. The van der Waals surface area contributed by atoms with Crippen LogP contribution in [0.3, 0.4) is 0 Å². The molecule has 0 heterocycles. The van der Waals surface area contributed by atoms with Crippen LogP contribution in [-0.2, 0) is 14.3 Å². The molecule has 0 aliphatic rings. The van der Waals surface area contributed by atoms with Crippen molar-refractivity contribution in [2.45, 2.75) is 52.1 Å². The average molecular weight is 288 g/mol. The average Bonchev–Trinajstić information content (AvgIpc) is 2.36. The SMILES string of the molecule is COCC(C)NC(=O)CNC(C)CCCC(C)C(=O)O. The summed E-state index contributed by atoms with van der Waals surface area (Å²) in [6.07, 6.45) is 2.36. The number of nitrogens with one attached hydrogen (secondary N) is 2. The molecule has 6 heteroatoms. The standard InChI is InChI=1S/C14H28N2O4/c1-10(14(18)19)6-5-7-11(2)15-8-13(17)16-12(3)9-20-4/h10-12,15H,5-9H2,1-4H3,(H,16,17)(H,18,19). The van der Waals surface area contributed by atoms with E-state index in [0.29, 0.717) is 13.0 Å². The number of hydrogen-bond donors (Lipinski definition) is 3. The maximum absolute atomic E-state index is 11.6. The molecule has 0 spiro atoms. The van der Waals surface area contributed by atoms with Gasteiger partial charge >= 0.3 is 5.97 Å². The van der Waals surface area contributed by atoms with Crippen molar-refractivity contribution in [3.63, 3.8) is 0 Å². The molecule has 0 saturated heterocycles. The number of methoxy groups -OCH3 is 1. The third-order valence-electron chi connectivity index (χ3n) is 3.13. The summed E-state index contributed by atoms with van der Waals surface area (Å²) >= 11 is 0. The maximum Gasteiger partial charge on any atom is 0.306 e. The van der Waals surface area contributed by atoms with Gasteiger partial charge in [-0.15, -0.1) is 0 Å². The van der Waals surface area contributed by atoms with Crippen molar-refractivity contribution in [2.75, 3.05) is 20.3 Å². The van der Waals surface area contributed by atoms with Crippen LogP contribution in [0.2, 0.25) is 0 Å². The minimum absolute atomic E-state index is 0.000947. The largest absolute Gasteiger partial charge is 0.481 e. The molecule has 1 amide bonds. The summed E-state index contributed by atoms with van der Waals surface area (Å²) < 4.78 is 4.94. The van der Waals surface area contributed by atoms with Gasteiger partial charge in [0, 0.05) is 19.2 Å². The highest BCUT2D eigenvalue weighted by Crippen LogP contribution is 2.09. The van der Waals surface area contributed by atoms with E-state index in [9.17, 15) is 9.59 Å². The van der Waals surface area contributed by atoms with E-state index in [1.807, 2.05) is 13.8 Å². The summed E-state index contributed by atoms with van der Waals surface area (Å²) in [5.41, 5.74) is 0. The summed E-state index contributed by atoms with van der Waals surface area (Å²) in [6.45, 7) is 6.36. The van der Waals surface area contributed by atoms with E-state index in [-0.39, 0.29) is 30.5 Å². The van der Waals surface area contributed by atoms with Crippen LogP contribution in [-0.4, -0.2) is 49.3 Å². The molecule has 3 unspecified atom stereocenters. The maximum atomic E-state index is 11.6. The van der Waals surface area contributed by atoms with Crippen LogP contribution >= 0.6 is 0 Å². The minimum Gasteiger partial charge on any atom is -0.481 e. The Labute approximate surface area is 121 Å². The first kappa shape index (κ1) is 18.9. The number of hydrogen-bond acceptors (Lipinski definition) is 4. The topological polar surface area (TPSA) is 87.7 Å². The van der Waals surface area contributed by atoms with Gasteiger partial charge in [-0.3, -0.25) is 9.59 Å². The molecule has 20 heavy (non-hydrogen) atoms. The van der Waals surface area contributed by atoms with Gasteiger partial charge in [0.2, 0.25) is 5.91 Å². The fraction of sp³-hybridized carbons (Fsp3) is 0.857. The quantitative estimate of drug-likeness (QED) is 0.528. The van der Waals surface area contributed by atoms with Gasteiger partial charge in [0.15, 0.2) is 0 Å². The van der Waals surface area contributed by atoms with E-state index < -0.39 is 5.97 Å². The molecule has 0 aromatic carbocycles. The van der Waals surface area contributed by atoms with Crippen LogP contribution in [0.15, 0.2) is 0 Å². The Hall–Kier alpha value is -1.14. The number of carboxylic acids is 1. The Morgan fingerprint density at radius 2 is 1.80 bits per heavy atom. The van der Waals surface area contributed by atoms with Crippen LogP contribution in [0.25, 0.3) is 0 Å². The van der Waals surface area contributed by atoms with E-state index >= 15 is 0 Å². The monoisotopic (exact) mass is 288 g/mol. The highest BCUT2D eigenvalue weighted by molar-refractivity contribution is 5.78. The van der Waals surface area contributed by atoms with Crippen molar-refractivity contribution in [1.29, 1.82) is 0 Å². The predicted octanol–water partition coefficient (Wildman–Crippen LogP) is 1.01. The van der Waals surface area contributed by atoms with Gasteiger partial charge in [-0.1, -0.05) is 13.3 Å². The Morgan fingerprint density at radius 3 is 2.35 bits per heavy atom. The summed E-state index contributed by atoms with van der Waals surface area (Å²) in [7, 11) is 1.60. The fourth-order valence-corrected chi connectivity index (χ4v) is 1.84. The molecule has 0 fully saturated rings. The van der Waals surface area contributed by atoms with Crippen molar-refractivity contribution in [2.24, 2.45) is 5.92 Å². The van der Waals surface area contributed by atoms with Crippen molar-refractivity contribution in [3.8, 4) is 0 Å². The molecule has 0 aliphatic heterocycles. The lowest BCUT2D eigenvalue weighted by atomic mass is 10.0. The van der Waals surface area contributed by atoms with Crippen LogP contribution < -0.4 is 10.6 Å². The van der Waals surface area contributed by atoms with Crippen LogP contribution in [0.1, 0.15) is 40.0 Å². The first-order chi connectivity index (χ1) is 9.36. The van der Waals surface area contributed by atoms with Crippen molar-refractivity contribution in [3.05, 3.63) is 0 Å². The highest BCUT2D eigenvalue weighted by Gasteiger charge is 2.12. The lowest BCUT2D eigenvalue weighted by molar-refractivity contribution is -0.141. The second-order valence-corrected chi connectivity index (χ2v) is 5.38. The van der Waals surface area contributed by atoms with Crippen LogP contribution in [0.5, 0.6) is 0 Å². The predicted molar refractivity (Wildman–Crippen MR) is 77.6 cm³/mol. The zero-order chi connectivity index (χ0) is 15.5. The Morgan fingerprint density at radius 1 is 1.15 bits per heavy atom. The number of carbonyl (C=O) groups is 2. The number of rotatable bonds is 11. The summed E-state index contributed by atoms with van der Waals surface area (Å²) in [5, 5.41) is 14.7. The first-order valence-corrected chi connectivity index (χ1v) is 7.11. The fourth-order valence-electron chi connectivity index (χ4n) is 1.84. The molecule has 0 radical (unpaired) electrons. The van der Waals surface area contributed by atoms with Crippen molar-refractivity contribution in [1.82, 2.24) is 10.6 Å². The lowest BCUT2D eigenvalue weighted by Gasteiger charge is -2.16. The number of carboxylic acid groups (broad SMARTS) is 1. The number of ether oxygens (including phenoxy) is 1. The van der Waals surface area contributed by atoms with Crippen LogP contribution in [0.4, 0.5) is 0 Å². The van der Waals surface area contributed by atoms with Gasteiger partial charge < -0.3 is 20.5 Å². The van der Waals surface area contributed by atoms with E-state index in [1.54, 1.807) is 14.0 Å². The van der Waals surface area contributed by atoms with E-state index in [2.05, 4.69) is 10.6 Å². The van der Waals surface area contributed by atoms with E-state index in [0.717, 1.165) is 12.8 Å². The number of amides is 1. The number of carbonyl (C=O) groups excluding carboxylic acids is 1. The van der Waals surface area contributed by atoms with Gasteiger partial charge in [0.25, 0.3) is 0 Å². The third kappa shape index (κ3) is 9.75. The Bertz CT molecular complexity index is 297. The van der Waals surface area contributed by atoms with Crippen molar-refractivity contribution >= 4 is 11.9 Å². The molecule has 0 rings (SSSR count). The summed E-state index contributed by atoms with van der Waals surface area (Å²) in [4.78, 5) is 22.3. The molecule has 3 atom stereocenters. The van der Waals surface area contributed by atoms with Gasteiger partial charge in [-0.05, 0) is 26.7 Å². The Balaban J connectivity index is 3.69. The Kier molecular flexibility index (Phi) is 10.0. The van der Waals surface area contributed by atoms with Gasteiger partial charge in [-0.2, -0.15) is 0 Å². The minimum atomic E-state index is -0.753. The number of aliphatic carboxylic acids is 1. The molecule has 118 valence electrons. The first-order valence-electron chi connectivity index (χ1n) is 7.11. The zero-order valence-corrected chi connectivity index (χ0v) is 12.9. The second kappa shape index (κ2) is 10.6. The molecule has 0 aromatic heterocycles. The summed E-state index contributed by atoms with van der Waals surface area (Å²) in [5.74, 6) is -1.11. The molecule has 0 saturated carbocycles. The normalized spacial score (nSPS) is 15.4. The third-order valence-corrected chi connectivity index (χ3v) is 3.13. The molecule has 0 aromatic rings. The molecular formula is C14H28N2O4. The van der Waals surface area contributed by atoms with Crippen molar-refractivity contribution < 1.29 is 19.4 Å². The van der Waals surface area contributed by atoms with Gasteiger partial charge in [0.1, 0.15) is 0 Å². The molecule has 6 nitrogen and oxygen atoms in total. The highest BCUT2D eigenvalue weighted by atomic mass is 16.5. The van der Waals surface area contributed by atoms with Gasteiger partial charge in [0.05, 0.1) is 19.1 Å². The van der Waals surface area contributed by atoms with Crippen LogP contribution in [0, 0.1) is 5.92 Å². The lowest BCUT2D eigenvalue weighted by Crippen LogP contribution is -2.43. The zero-order valence-electron chi connectivity index (χ0n) is 12.9. The second-order valence-electron chi connectivity index (χ2n) is 5.38. The summed E-state index contributed by atoms with van der Waals surface area (Å²) in [6, 6.07) is 0.195. The molecular weight excluding hydrogens is 260 g/mol. The van der Waals surface area contributed by atoms with E-state index in [1.165, 1.54) is 0 Å². The smallest absolute Gasteiger partial charge is 0.306 e. The van der Waals surface area contributed by atoms with Gasteiger partial charge in [-0.25, -0.2) is 0 Å². The molecule has 3 N–H and O–H groups in total.